The lowest BCUT2D eigenvalue weighted by Crippen LogP contribution is -2.37. The maximum atomic E-state index is 12.8. The Morgan fingerprint density at radius 3 is 2.47 bits per heavy atom. The number of primary amides is 1. The topological polar surface area (TPSA) is 139 Å². The molecular formula is C20H22F3N5O4. The number of amides is 3. The zero-order valence-corrected chi connectivity index (χ0v) is 17.0. The Balaban J connectivity index is 1.95. The van der Waals surface area contributed by atoms with Gasteiger partial charge in [-0.2, -0.15) is 13.2 Å². The standard InChI is InChI=1S/C20H22F3N5O4/c1-12-3-2-4-13(9-12)16(27-19(24)30)11-18(29)26-8-7-25-15-6-5-14(20(21,22)23)10-17(15)28(31)32/h2-6,9-10,16,25H,7-8,11H2,1H3,(H,26,29)(H3,24,27,30). The van der Waals surface area contributed by atoms with Gasteiger partial charge in [-0.15, -0.1) is 0 Å². The lowest BCUT2D eigenvalue weighted by atomic mass is 10.0. The summed E-state index contributed by atoms with van der Waals surface area (Å²) in [5, 5.41) is 18.8. The molecule has 0 saturated carbocycles. The first-order valence-electron chi connectivity index (χ1n) is 9.46. The fourth-order valence-electron chi connectivity index (χ4n) is 2.98. The van der Waals surface area contributed by atoms with Gasteiger partial charge in [0.15, 0.2) is 0 Å². The van der Waals surface area contributed by atoms with Crippen molar-refractivity contribution in [2.45, 2.75) is 25.6 Å². The quantitative estimate of drug-likeness (QED) is 0.262. The van der Waals surface area contributed by atoms with E-state index in [-0.39, 0.29) is 25.2 Å². The van der Waals surface area contributed by atoms with Crippen molar-refractivity contribution in [1.82, 2.24) is 10.6 Å². The Morgan fingerprint density at radius 2 is 1.88 bits per heavy atom. The highest BCUT2D eigenvalue weighted by atomic mass is 19.4. The highest BCUT2D eigenvalue weighted by Crippen LogP contribution is 2.34. The Morgan fingerprint density at radius 1 is 1.16 bits per heavy atom. The molecule has 0 heterocycles. The lowest BCUT2D eigenvalue weighted by Gasteiger charge is -2.18. The first-order valence-corrected chi connectivity index (χ1v) is 9.46. The second-order valence-electron chi connectivity index (χ2n) is 6.94. The van der Waals surface area contributed by atoms with Gasteiger partial charge < -0.3 is 21.7 Å². The molecule has 5 N–H and O–H groups in total. The summed E-state index contributed by atoms with van der Waals surface area (Å²) in [7, 11) is 0. The van der Waals surface area contributed by atoms with Gasteiger partial charge in [-0.25, -0.2) is 4.79 Å². The van der Waals surface area contributed by atoms with Crippen LogP contribution in [0.2, 0.25) is 0 Å². The number of alkyl halides is 3. The highest BCUT2D eigenvalue weighted by molar-refractivity contribution is 5.78. The van der Waals surface area contributed by atoms with E-state index in [9.17, 15) is 32.9 Å². The maximum Gasteiger partial charge on any atom is 0.416 e. The minimum atomic E-state index is -4.70. The Labute approximate surface area is 181 Å². The molecule has 0 aliphatic carbocycles. The smallest absolute Gasteiger partial charge is 0.378 e. The van der Waals surface area contributed by atoms with Gasteiger partial charge in [0.2, 0.25) is 5.91 Å². The van der Waals surface area contributed by atoms with Crippen molar-refractivity contribution in [3.05, 3.63) is 69.3 Å². The van der Waals surface area contributed by atoms with Gasteiger partial charge in [-0.05, 0) is 24.6 Å². The zero-order chi connectivity index (χ0) is 23.9. The van der Waals surface area contributed by atoms with E-state index in [1.165, 1.54) is 0 Å². The Bertz CT molecular complexity index is 997. The van der Waals surface area contributed by atoms with Crippen LogP contribution in [-0.2, 0) is 11.0 Å². The van der Waals surface area contributed by atoms with Crippen molar-refractivity contribution in [2.75, 3.05) is 18.4 Å². The lowest BCUT2D eigenvalue weighted by molar-refractivity contribution is -0.384. The highest BCUT2D eigenvalue weighted by Gasteiger charge is 2.33. The fraction of sp³-hybridized carbons (Fsp3) is 0.300. The molecule has 0 radical (unpaired) electrons. The van der Waals surface area contributed by atoms with Gasteiger partial charge >= 0.3 is 12.2 Å². The van der Waals surface area contributed by atoms with Crippen LogP contribution in [0.5, 0.6) is 0 Å². The van der Waals surface area contributed by atoms with Crippen molar-refractivity contribution in [1.29, 1.82) is 0 Å². The molecule has 12 heteroatoms. The number of carbonyl (C=O) groups is 2. The van der Waals surface area contributed by atoms with Gasteiger partial charge in [-0.3, -0.25) is 14.9 Å². The van der Waals surface area contributed by atoms with E-state index in [1.807, 2.05) is 13.0 Å². The molecule has 2 rings (SSSR count). The summed E-state index contributed by atoms with van der Waals surface area (Å²) in [4.78, 5) is 33.7. The van der Waals surface area contributed by atoms with Crippen LogP contribution >= 0.6 is 0 Å². The fourth-order valence-corrected chi connectivity index (χ4v) is 2.98. The van der Waals surface area contributed by atoms with Crippen molar-refractivity contribution >= 4 is 23.3 Å². The van der Waals surface area contributed by atoms with Crippen molar-refractivity contribution in [2.24, 2.45) is 5.73 Å². The van der Waals surface area contributed by atoms with E-state index in [1.54, 1.807) is 18.2 Å². The number of halogens is 3. The number of nitrogens with zero attached hydrogens (tertiary/aromatic N) is 1. The number of benzene rings is 2. The molecule has 1 unspecified atom stereocenters. The molecule has 2 aromatic carbocycles. The second kappa shape index (κ2) is 10.5. The largest absolute Gasteiger partial charge is 0.416 e. The van der Waals surface area contributed by atoms with Crippen LogP contribution in [0, 0.1) is 17.0 Å². The Kier molecular flexibility index (Phi) is 7.99. The molecule has 172 valence electrons. The second-order valence-corrected chi connectivity index (χ2v) is 6.94. The molecule has 9 nitrogen and oxygen atoms in total. The van der Waals surface area contributed by atoms with E-state index in [0.29, 0.717) is 11.6 Å². The number of rotatable bonds is 9. The van der Waals surface area contributed by atoms with Crippen molar-refractivity contribution in [3.8, 4) is 0 Å². The zero-order valence-electron chi connectivity index (χ0n) is 17.0. The van der Waals surface area contributed by atoms with Gasteiger partial charge in [-0.1, -0.05) is 29.8 Å². The number of hydrogen-bond acceptors (Lipinski definition) is 5. The number of hydrogen-bond donors (Lipinski definition) is 4. The summed E-state index contributed by atoms with van der Waals surface area (Å²) < 4.78 is 38.3. The number of nitrogens with two attached hydrogens (primary N) is 1. The Hall–Kier alpha value is -3.83. The van der Waals surface area contributed by atoms with Gasteiger partial charge in [0.25, 0.3) is 5.69 Å². The third kappa shape index (κ3) is 7.15. The normalized spacial score (nSPS) is 12.0. The van der Waals surface area contributed by atoms with E-state index in [2.05, 4.69) is 16.0 Å². The number of nitro groups is 1. The average Bonchev–Trinajstić information content (AvgIpc) is 2.69. The number of anilines is 1. The van der Waals surface area contributed by atoms with Crippen LogP contribution in [0.15, 0.2) is 42.5 Å². The van der Waals surface area contributed by atoms with Crippen LogP contribution in [0.1, 0.15) is 29.2 Å². The first kappa shape index (κ1) is 24.4. The molecule has 2 aromatic rings. The number of carbonyl (C=O) groups excluding carboxylic acids is 2. The number of nitro benzene ring substituents is 1. The van der Waals surface area contributed by atoms with Gasteiger partial charge in [0.1, 0.15) is 5.69 Å². The molecule has 0 aliphatic rings. The van der Waals surface area contributed by atoms with Crippen LogP contribution in [-0.4, -0.2) is 30.0 Å². The predicted molar refractivity (Wildman–Crippen MR) is 111 cm³/mol. The molecule has 0 saturated heterocycles. The molecule has 0 aromatic heterocycles. The molecule has 0 bridgehead atoms. The van der Waals surface area contributed by atoms with E-state index in [0.717, 1.165) is 17.7 Å². The number of nitrogens with one attached hydrogen (secondary N) is 3. The molecular weight excluding hydrogens is 431 g/mol. The van der Waals surface area contributed by atoms with Crippen LogP contribution in [0.4, 0.5) is 29.3 Å². The number of aryl methyl sites for hydroxylation is 1. The molecule has 32 heavy (non-hydrogen) atoms. The van der Waals surface area contributed by atoms with Crippen LogP contribution < -0.4 is 21.7 Å². The van der Waals surface area contributed by atoms with E-state index in [4.69, 9.17) is 5.73 Å². The summed E-state index contributed by atoms with van der Waals surface area (Å²) in [6.07, 6.45) is -4.81. The molecule has 0 aliphatic heterocycles. The predicted octanol–water partition coefficient (Wildman–Crippen LogP) is 3.25. The number of urea groups is 1. The van der Waals surface area contributed by atoms with Gasteiger partial charge in [0.05, 0.1) is 22.9 Å². The summed E-state index contributed by atoms with van der Waals surface area (Å²) in [5.41, 5.74) is 4.85. The molecule has 0 fully saturated rings. The minimum Gasteiger partial charge on any atom is -0.378 e. The SMILES string of the molecule is Cc1cccc(C(CC(=O)NCCNc2ccc(C(F)(F)F)cc2[N+](=O)[O-])NC(N)=O)c1. The third-order valence-electron chi connectivity index (χ3n) is 4.43. The van der Waals surface area contributed by atoms with Crippen molar-refractivity contribution in [3.63, 3.8) is 0 Å². The third-order valence-corrected chi connectivity index (χ3v) is 4.43. The summed E-state index contributed by atoms with van der Waals surface area (Å²) in [6, 6.07) is 7.88. The maximum absolute atomic E-state index is 12.8. The summed E-state index contributed by atoms with van der Waals surface area (Å²) in [6.45, 7) is 1.92. The summed E-state index contributed by atoms with van der Waals surface area (Å²) >= 11 is 0. The average molecular weight is 453 g/mol. The van der Waals surface area contributed by atoms with Crippen molar-refractivity contribution < 1.29 is 27.7 Å². The monoisotopic (exact) mass is 453 g/mol. The summed E-state index contributed by atoms with van der Waals surface area (Å²) in [5.74, 6) is -0.422. The van der Waals surface area contributed by atoms with Gasteiger partial charge in [0, 0.05) is 19.2 Å². The molecule has 3 amide bonds. The van der Waals surface area contributed by atoms with Crippen LogP contribution in [0.25, 0.3) is 0 Å². The first-order chi connectivity index (χ1) is 15.0. The van der Waals surface area contributed by atoms with E-state index >= 15 is 0 Å². The van der Waals surface area contributed by atoms with E-state index < -0.39 is 40.3 Å². The minimum absolute atomic E-state index is 0.0241. The van der Waals surface area contributed by atoms with Crippen LogP contribution in [0.3, 0.4) is 0 Å². The molecule has 1 atom stereocenters. The molecule has 0 spiro atoms.